The van der Waals surface area contributed by atoms with Crippen LogP contribution in [0.15, 0.2) is 6.33 Å². The Morgan fingerprint density at radius 1 is 1.33 bits per heavy atom. The first kappa shape index (κ1) is 12.2. The molecule has 2 N–H and O–H groups in total. The summed E-state index contributed by atoms with van der Waals surface area (Å²) in [6, 6.07) is 0.568. The van der Waals surface area contributed by atoms with E-state index >= 15 is 0 Å². The largest absolute Gasteiger partial charge is 0.347 e. The number of fused-ring (bicyclic) bond motifs is 1. The van der Waals surface area contributed by atoms with Crippen LogP contribution in [0.25, 0.3) is 0 Å². The van der Waals surface area contributed by atoms with Crippen molar-refractivity contribution in [2.75, 3.05) is 19.6 Å². The predicted octanol–water partition coefficient (Wildman–Crippen LogP) is 1.40. The molecule has 3 unspecified atom stereocenters. The van der Waals surface area contributed by atoms with Gasteiger partial charge in [0.2, 0.25) is 0 Å². The zero-order valence-corrected chi connectivity index (χ0v) is 11.4. The second-order valence-corrected chi connectivity index (χ2v) is 6.27. The molecule has 2 aliphatic rings. The quantitative estimate of drug-likeness (QED) is 0.831. The maximum atomic E-state index is 4.42. The Balaban J connectivity index is 1.57. The van der Waals surface area contributed by atoms with Crippen molar-refractivity contribution >= 4 is 0 Å². The second-order valence-electron chi connectivity index (χ2n) is 6.27. The molecule has 0 aromatic carbocycles. The average Bonchev–Trinajstić information content (AvgIpc) is 2.74. The molecule has 0 saturated carbocycles. The van der Waals surface area contributed by atoms with Crippen LogP contribution < -0.4 is 5.32 Å². The fourth-order valence-corrected chi connectivity index (χ4v) is 3.61. The molecule has 0 radical (unpaired) electrons. The number of rotatable bonds is 2. The first-order valence-electron chi connectivity index (χ1n) is 7.17. The van der Waals surface area contributed by atoms with Gasteiger partial charge in [0, 0.05) is 38.6 Å². The van der Waals surface area contributed by atoms with E-state index in [0.717, 1.165) is 24.8 Å². The van der Waals surface area contributed by atoms with Gasteiger partial charge < -0.3 is 15.2 Å². The highest BCUT2D eigenvalue weighted by atomic mass is 15.2. The van der Waals surface area contributed by atoms with Crippen molar-refractivity contribution < 1.29 is 0 Å². The molecule has 100 valence electrons. The molecular weight excluding hydrogens is 224 g/mol. The van der Waals surface area contributed by atoms with E-state index in [1.54, 1.807) is 0 Å². The molecule has 0 amide bonds. The molecule has 1 saturated heterocycles. The third kappa shape index (κ3) is 2.59. The molecule has 3 rings (SSSR count). The molecule has 2 aliphatic heterocycles. The molecular formula is C14H24N4. The van der Waals surface area contributed by atoms with E-state index in [1.165, 1.54) is 37.4 Å². The van der Waals surface area contributed by atoms with Crippen molar-refractivity contribution in [1.29, 1.82) is 0 Å². The van der Waals surface area contributed by atoms with Gasteiger partial charge in [-0.3, -0.25) is 0 Å². The van der Waals surface area contributed by atoms with Crippen LogP contribution in [0, 0.1) is 11.8 Å². The van der Waals surface area contributed by atoms with Crippen LogP contribution in [-0.4, -0.2) is 40.5 Å². The molecule has 4 heteroatoms. The standard InChI is InChI=1S/C14H24N4/c1-10-3-11(2)7-18(6-10)8-12-4-13-14(5-15-12)17-9-16-13/h9-12,15H,3-8H2,1-2H3,(H,16,17). The smallest absolute Gasteiger partial charge is 0.0925 e. The maximum Gasteiger partial charge on any atom is 0.0925 e. The van der Waals surface area contributed by atoms with Crippen LogP contribution in [-0.2, 0) is 13.0 Å². The topological polar surface area (TPSA) is 44.0 Å². The van der Waals surface area contributed by atoms with E-state index in [0.29, 0.717) is 6.04 Å². The summed E-state index contributed by atoms with van der Waals surface area (Å²) in [6.07, 6.45) is 4.27. The lowest BCUT2D eigenvalue weighted by atomic mass is 9.91. The highest BCUT2D eigenvalue weighted by Gasteiger charge is 2.26. The fourth-order valence-electron chi connectivity index (χ4n) is 3.61. The minimum atomic E-state index is 0.568. The number of H-pyrrole nitrogens is 1. The van der Waals surface area contributed by atoms with Gasteiger partial charge in [-0.2, -0.15) is 0 Å². The molecule has 3 atom stereocenters. The van der Waals surface area contributed by atoms with E-state index in [4.69, 9.17) is 0 Å². The summed E-state index contributed by atoms with van der Waals surface area (Å²) >= 11 is 0. The number of likely N-dealkylation sites (tertiary alicyclic amines) is 1. The predicted molar refractivity (Wildman–Crippen MR) is 72.3 cm³/mol. The monoisotopic (exact) mass is 248 g/mol. The van der Waals surface area contributed by atoms with E-state index in [9.17, 15) is 0 Å². The lowest BCUT2D eigenvalue weighted by Gasteiger charge is -2.37. The van der Waals surface area contributed by atoms with Crippen LogP contribution in [0.5, 0.6) is 0 Å². The summed E-state index contributed by atoms with van der Waals surface area (Å²) in [7, 11) is 0. The minimum absolute atomic E-state index is 0.568. The Morgan fingerprint density at radius 3 is 2.89 bits per heavy atom. The summed E-state index contributed by atoms with van der Waals surface area (Å²) < 4.78 is 0. The van der Waals surface area contributed by atoms with Gasteiger partial charge in [0.25, 0.3) is 0 Å². The lowest BCUT2D eigenvalue weighted by Crippen LogP contribution is -2.48. The van der Waals surface area contributed by atoms with Crippen molar-refractivity contribution in [3.05, 3.63) is 17.7 Å². The van der Waals surface area contributed by atoms with Gasteiger partial charge in [0.15, 0.2) is 0 Å². The Kier molecular flexibility index (Phi) is 3.39. The first-order valence-corrected chi connectivity index (χ1v) is 7.17. The number of aromatic nitrogens is 2. The highest BCUT2D eigenvalue weighted by Crippen LogP contribution is 2.22. The molecule has 1 aromatic heterocycles. The Labute approximate surface area is 109 Å². The van der Waals surface area contributed by atoms with Crippen LogP contribution in [0.2, 0.25) is 0 Å². The fraction of sp³-hybridized carbons (Fsp3) is 0.786. The normalized spacial score (nSPS) is 33.3. The lowest BCUT2D eigenvalue weighted by molar-refractivity contribution is 0.126. The van der Waals surface area contributed by atoms with Gasteiger partial charge in [0.05, 0.1) is 17.7 Å². The third-order valence-electron chi connectivity index (χ3n) is 4.24. The minimum Gasteiger partial charge on any atom is -0.347 e. The Hall–Kier alpha value is -0.870. The van der Waals surface area contributed by atoms with Crippen molar-refractivity contribution in [1.82, 2.24) is 20.2 Å². The van der Waals surface area contributed by atoms with E-state index < -0.39 is 0 Å². The van der Waals surface area contributed by atoms with Crippen LogP contribution in [0.1, 0.15) is 31.7 Å². The van der Waals surface area contributed by atoms with Gasteiger partial charge in [-0.15, -0.1) is 0 Å². The number of imidazole rings is 1. The third-order valence-corrected chi connectivity index (χ3v) is 4.24. The van der Waals surface area contributed by atoms with E-state index in [1.807, 2.05) is 6.33 Å². The molecule has 0 bridgehead atoms. The van der Waals surface area contributed by atoms with E-state index in [2.05, 4.69) is 34.0 Å². The SMILES string of the molecule is CC1CC(C)CN(CC2Cc3nc[nH]c3CN2)C1. The van der Waals surface area contributed by atoms with Crippen LogP contribution in [0.4, 0.5) is 0 Å². The van der Waals surface area contributed by atoms with Gasteiger partial charge in [-0.05, 0) is 18.3 Å². The second kappa shape index (κ2) is 5.02. The summed E-state index contributed by atoms with van der Waals surface area (Å²) in [5, 5.41) is 3.63. The number of piperidine rings is 1. The number of nitrogens with zero attached hydrogens (tertiary/aromatic N) is 2. The maximum absolute atomic E-state index is 4.42. The van der Waals surface area contributed by atoms with Crippen LogP contribution >= 0.6 is 0 Å². The molecule has 3 heterocycles. The van der Waals surface area contributed by atoms with Crippen molar-refractivity contribution in [3.63, 3.8) is 0 Å². The van der Waals surface area contributed by atoms with Gasteiger partial charge >= 0.3 is 0 Å². The molecule has 1 fully saturated rings. The molecule has 1 aromatic rings. The van der Waals surface area contributed by atoms with Crippen LogP contribution in [0.3, 0.4) is 0 Å². The number of nitrogens with one attached hydrogen (secondary N) is 2. The summed E-state index contributed by atoms with van der Waals surface area (Å²) in [4.78, 5) is 10.3. The highest BCUT2D eigenvalue weighted by molar-refractivity contribution is 5.16. The zero-order chi connectivity index (χ0) is 12.5. The summed E-state index contributed by atoms with van der Waals surface area (Å²) in [5.74, 6) is 1.69. The van der Waals surface area contributed by atoms with Gasteiger partial charge in [-0.1, -0.05) is 13.8 Å². The summed E-state index contributed by atoms with van der Waals surface area (Å²) in [6.45, 7) is 9.39. The van der Waals surface area contributed by atoms with E-state index in [-0.39, 0.29) is 0 Å². The van der Waals surface area contributed by atoms with Crippen molar-refractivity contribution in [3.8, 4) is 0 Å². The number of aromatic amines is 1. The van der Waals surface area contributed by atoms with Crippen molar-refractivity contribution in [2.45, 2.75) is 39.3 Å². The first-order chi connectivity index (χ1) is 8.70. The molecule has 18 heavy (non-hydrogen) atoms. The Morgan fingerprint density at radius 2 is 2.11 bits per heavy atom. The van der Waals surface area contributed by atoms with Gasteiger partial charge in [0.1, 0.15) is 0 Å². The number of hydrogen-bond donors (Lipinski definition) is 2. The van der Waals surface area contributed by atoms with Gasteiger partial charge in [-0.25, -0.2) is 4.98 Å². The molecule has 4 nitrogen and oxygen atoms in total. The van der Waals surface area contributed by atoms with Crippen molar-refractivity contribution in [2.24, 2.45) is 11.8 Å². The number of hydrogen-bond acceptors (Lipinski definition) is 3. The molecule has 0 spiro atoms. The average molecular weight is 248 g/mol. The summed E-state index contributed by atoms with van der Waals surface area (Å²) in [5.41, 5.74) is 2.53. The Bertz CT molecular complexity index is 390. The zero-order valence-electron chi connectivity index (χ0n) is 11.4. The molecule has 0 aliphatic carbocycles.